The number of aliphatic carboxylic acids is 2. The first kappa shape index (κ1) is 63.8. The molecule has 2 aromatic rings. The minimum absolute atomic E-state index is 0.0321. The van der Waals surface area contributed by atoms with Gasteiger partial charge in [0.25, 0.3) is 17.9 Å². The summed E-state index contributed by atoms with van der Waals surface area (Å²) in [6.45, 7) is 10.9. The molecule has 27 heteroatoms. The molecular formula is C53H68F12N6O9. The summed E-state index contributed by atoms with van der Waals surface area (Å²) in [4.78, 5) is 71.5. The lowest BCUT2D eigenvalue weighted by Gasteiger charge is -2.45. The number of aliphatic hydroxyl groups is 1. The number of carboxylic acid groups (broad SMARTS) is 2. The van der Waals surface area contributed by atoms with Gasteiger partial charge in [-0.2, -0.15) is 52.7 Å². The van der Waals surface area contributed by atoms with Crippen molar-refractivity contribution in [3.8, 4) is 0 Å². The van der Waals surface area contributed by atoms with E-state index in [1.165, 1.54) is 0 Å². The van der Waals surface area contributed by atoms with Gasteiger partial charge in [-0.25, -0.2) is 4.79 Å². The number of nitrogens with zero attached hydrogens (tertiary/aromatic N) is 5. The molecule has 2 aromatic carbocycles. The van der Waals surface area contributed by atoms with E-state index in [2.05, 4.69) is 37.7 Å². The van der Waals surface area contributed by atoms with Crippen molar-refractivity contribution >= 4 is 29.8 Å². The zero-order chi connectivity index (χ0) is 59.2. The van der Waals surface area contributed by atoms with Crippen molar-refractivity contribution in [3.05, 3.63) is 69.8 Å². The molecule has 6 aliphatic heterocycles. The van der Waals surface area contributed by atoms with Crippen molar-refractivity contribution in [3.63, 3.8) is 0 Å². The van der Waals surface area contributed by atoms with Crippen molar-refractivity contribution in [2.24, 2.45) is 11.8 Å². The van der Waals surface area contributed by atoms with Gasteiger partial charge in [0.05, 0.1) is 11.8 Å². The number of carbonyl (C=O) groups excluding carboxylic acids is 3. The molecule has 0 bridgehead atoms. The SMILES string of the molecule is Cc1ccc(C(=O)N2CCCC23CCN(C(=O)OC(C(F)(F)F)C(F)(F)F)CC3)c(CN2CCC(C(=O)O)CC2)c1.Cc1ccc(C(=O)N2CCCC23CCNCC3)c(CN2CCC(C(=O)O)CC2)c1.OC(C(F)(F)F)C(F)(F)F. The molecular weight excluding hydrogens is 1090 g/mol. The molecule has 6 fully saturated rings. The third-order valence-corrected chi connectivity index (χ3v) is 16.2. The number of likely N-dealkylation sites (tertiary alicyclic amines) is 5. The predicted octanol–water partition coefficient (Wildman–Crippen LogP) is 9.11. The van der Waals surface area contributed by atoms with E-state index in [0.29, 0.717) is 70.3 Å². The number of hydrogen-bond donors (Lipinski definition) is 4. The topological polar surface area (TPSA) is 183 Å². The minimum atomic E-state index is -5.79. The van der Waals surface area contributed by atoms with Gasteiger partial charge in [-0.05, 0) is 153 Å². The first-order valence-electron chi connectivity index (χ1n) is 26.6. The standard InChI is InChI=1S/C27H33F6N3O5.C23H33N3O3.C3H2F6O/c1-17-3-4-20(19(15-17)16-34-11-5-18(6-12-34)22(38)39)21(37)36-10-2-7-25(36)8-13-35(14-9-25)24(40)41-23(26(28,29)30)27(31,32)33;1-17-3-4-20(19(15-17)16-25-13-5-18(6-14-25)22(28)29)21(27)26-12-2-7-23(26)8-10-24-11-9-23;4-2(5,6)1(10)3(7,8)9/h3-4,15,18,23H,2,5-14,16H2,1H3,(H,38,39);3-4,15,18,24H,2,5-14,16H2,1H3,(H,28,29);1,10H. The zero-order valence-corrected chi connectivity index (χ0v) is 44.3. The summed E-state index contributed by atoms with van der Waals surface area (Å²) >= 11 is 0. The number of halogens is 12. The molecule has 6 aliphatic rings. The Morgan fingerprint density at radius 3 is 1.27 bits per heavy atom. The van der Waals surface area contributed by atoms with Crippen LogP contribution in [0.4, 0.5) is 57.5 Å². The molecule has 6 saturated heterocycles. The fourth-order valence-electron chi connectivity index (χ4n) is 11.8. The highest BCUT2D eigenvalue weighted by molar-refractivity contribution is 5.97. The normalized spacial score (nSPS) is 20.6. The van der Waals surface area contributed by atoms with E-state index < -0.39 is 60.5 Å². The monoisotopic (exact) mass is 1160 g/mol. The molecule has 0 atom stereocenters. The summed E-state index contributed by atoms with van der Waals surface area (Å²) < 4.78 is 147. The maximum atomic E-state index is 13.9. The molecule has 15 nitrogen and oxygen atoms in total. The summed E-state index contributed by atoms with van der Waals surface area (Å²) in [7, 11) is 0. The van der Waals surface area contributed by atoms with E-state index in [1.807, 2.05) is 31.2 Å². The van der Waals surface area contributed by atoms with Crippen molar-refractivity contribution < 1.29 is 96.7 Å². The van der Waals surface area contributed by atoms with E-state index in [9.17, 15) is 86.9 Å². The minimum Gasteiger partial charge on any atom is -0.481 e. The summed E-state index contributed by atoms with van der Waals surface area (Å²) in [6.07, 6.45) is -24.6. The maximum Gasteiger partial charge on any atom is 0.434 e. The second-order valence-corrected chi connectivity index (χ2v) is 21.7. The smallest absolute Gasteiger partial charge is 0.434 e. The van der Waals surface area contributed by atoms with Crippen molar-refractivity contribution in [2.75, 3.05) is 65.4 Å². The first-order chi connectivity index (χ1) is 37.2. The van der Waals surface area contributed by atoms with Crippen LogP contribution in [0.2, 0.25) is 0 Å². The van der Waals surface area contributed by atoms with Crippen LogP contribution in [0.3, 0.4) is 0 Å². The molecule has 3 amide bonds. The number of amides is 3. The van der Waals surface area contributed by atoms with Gasteiger partial charge in [-0.1, -0.05) is 35.4 Å². The second kappa shape index (κ2) is 25.8. The third kappa shape index (κ3) is 16.0. The van der Waals surface area contributed by atoms with Crippen LogP contribution in [-0.4, -0.2) is 183 Å². The molecule has 0 aliphatic carbocycles. The van der Waals surface area contributed by atoms with Crippen LogP contribution in [-0.2, 0) is 27.4 Å². The van der Waals surface area contributed by atoms with Crippen molar-refractivity contribution in [2.45, 2.75) is 152 Å². The number of alkyl halides is 12. The Morgan fingerprint density at radius 2 is 0.938 bits per heavy atom. The van der Waals surface area contributed by atoms with E-state index >= 15 is 0 Å². The summed E-state index contributed by atoms with van der Waals surface area (Å²) in [6, 6.07) is 11.7. The van der Waals surface area contributed by atoms with Gasteiger partial charge in [0.2, 0.25) is 6.10 Å². The number of aryl methyl sites for hydroxylation is 2. The Balaban J connectivity index is 0.000000229. The van der Waals surface area contributed by atoms with Gasteiger partial charge in [0.1, 0.15) is 0 Å². The average Bonchev–Trinajstić information content (AvgIpc) is 4.01. The van der Waals surface area contributed by atoms with Crippen LogP contribution >= 0.6 is 0 Å². The van der Waals surface area contributed by atoms with Gasteiger partial charge >= 0.3 is 42.7 Å². The number of nitrogens with one attached hydrogen (secondary N) is 1. The van der Waals surface area contributed by atoms with Gasteiger partial charge in [0.15, 0.2) is 0 Å². The van der Waals surface area contributed by atoms with Crippen molar-refractivity contribution in [1.29, 1.82) is 0 Å². The first-order valence-corrected chi connectivity index (χ1v) is 26.6. The largest absolute Gasteiger partial charge is 0.481 e. The average molecular weight is 1160 g/mol. The summed E-state index contributed by atoms with van der Waals surface area (Å²) in [5.74, 6) is -2.14. The van der Waals surface area contributed by atoms with Crippen LogP contribution in [0.5, 0.6) is 0 Å². The molecule has 0 radical (unpaired) electrons. The molecule has 2 spiro atoms. The Hall–Kier alpha value is -5.41. The van der Waals surface area contributed by atoms with Gasteiger partial charge in [0, 0.05) is 61.5 Å². The molecule has 0 unspecified atom stereocenters. The number of carboxylic acids is 2. The highest BCUT2D eigenvalue weighted by Gasteiger charge is 2.61. The summed E-state index contributed by atoms with van der Waals surface area (Å²) in [5.41, 5.74) is 4.68. The Bertz CT molecular complexity index is 2450. The van der Waals surface area contributed by atoms with E-state index in [0.717, 1.165) is 97.7 Å². The highest BCUT2D eigenvalue weighted by Crippen LogP contribution is 2.42. The predicted molar refractivity (Wildman–Crippen MR) is 263 cm³/mol. The number of hydrogen-bond acceptors (Lipinski definition) is 10. The molecule has 4 N–H and O–H groups in total. The van der Waals surface area contributed by atoms with Crippen LogP contribution in [0, 0.1) is 25.7 Å². The molecule has 6 heterocycles. The second-order valence-electron chi connectivity index (χ2n) is 21.7. The Labute approximate surface area is 454 Å². The number of ether oxygens (including phenoxy) is 1. The van der Waals surface area contributed by atoms with Crippen molar-refractivity contribution in [1.82, 2.24) is 29.8 Å². The van der Waals surface area contributed by atoms with E-state index in [-0.39, 0.29) is 55.1 Å². The molecule has 80 heavy (non-hydrogen) atoms. The summed E-state index contributed by atoms with van der Waals surface area (Å²) in [5, 5.41) is 29.4. The van der Waals surface area contributed by atoms with Gasteiger partial charge in [-0.15, -0.1) is 0 Å². The lowest BCUT2D eigenvalue weighted by molar-refractivity contribution is -0.309. The van der Waals surface area contributed by atoms with Crippen LogP contribution < -0.4 is 5.32 Å². The van der Waals surface area contributed by atoms with Crippen LogP contribution in [0.1, 0.15) is 120 Å². The lowest BCUT2D eigenvalue weighted by atomic mass is 9.84. The fourth-order valence-corrected chi connectivity index (χ4v) is 11.8. The molecule has 0 saturated carbocycles. The van der Waals surface area contributed by atoms with Crippen LogP contribution in [0.25, 0.3) is 0 Å². The quantitative estimate of drug-likeness (QED) is 0.175. The lowest BCUT2D eigenvalue weighted by Crippen LogP contribution is -2.56. The van der Waals surface area contributed by atoms with Crippen LogP contribution in [0.15, 0.2) is 36.4 Å². The Morgan fingerprint density at radius 1 is 0.562 bits per heavy atom. The van der Waals surface area contributed by atoms with Gasteiger partial charge in [-0.3, -0.25) is 29.0 Å². The van der Waals surface area contributed by atoms with Gasteiger partial charge < -0.3 is 40.1 Å². The number of benzene rings is 2. The van der Waals surface area contributed by atoms with E-state index in [4.69, 9.17) is 5.11 Å². The number of rotatable bonds is 9. The highest BCUT2D eigenvalue weighted by atomic mass is 19.4. The Kier molecular flexibility index (Phi) is 20.6. The molecule has 448 valence electrons. The number of carbonyl (C=O) groups is 5. The van der Waals surface area contributed by atoms with E-state index in [1.54, 1.807) is 11.0 Å². The number of aliphatic hydroxyl groups excluding tert-OH is 1. The molecule has 0 aromatic heterocycles. The fraction of sp³-hybridized carbons (Fsp3) is 0.679. The number of piperidine rings is 4. The molecule has 8 rings (SSSR count). The third-order valence-electron chi connectivity index (χ3n) is 16.2. The maximum absolute atomic E-state index is 13.9. The zero-order valence-electron chi connectivity index (χ0n) is 44.3.